The van der Waals surface area contributed by atoms with E-state index >= 15 is 0 Å². The molecular weight excluding hydrogens is 257 g/mol. The number of nitrogens with zero attached hydrogens (tertiary/aromatic N) is 1. The Hall–Kier alpha value is -1.42. The summed E-state index contributed by atoms with van der Waals surface area (Å²) in [5.74, 6) is -0.566. The van der Waals surface area contributed by atoms with E-state index in [2.05, 4.69) is 4.90 Å². The van der Waals surface area contributed by atoms with Crippen LogP contribution in [-0.2, 0) is 16.1 Å². The van der Waals surface area contributed by atoms with E-state index in [1.165, 1.54) is 5.56 Å². The largest absolute Gasteiger partial charge is 0.466 e. The number of carbonyl (C=O) groups excluding carboxylic acids is 1. The molecule has 1 aromatic rings. The van der Waals surface area contributed by atoms with Crippen molar-refractivity contribution in [1.29, 1.82) is 0 Å². The fourth-order valence-corrected chi connectivity index (χ4v) is 2.88. The number of hydrogen-bond acceptors (Lipinski definition) is 3. The van der Waals surface area contributed by atoms with Crippen molar-refractivity contribution < 1.29 is 13.9 Å². The van der Waals surface area contributed by atoms with Crippen LogP contribution in [-0.4, -0.2) is 37.2 Å². The van der Waals surface area contributed by atoms with Crippen LogP contribution in [0.2, 0.25) is 0 Å². The Labute approximate surface area is 119 Å². The highest BCUT2D eigenvalue weighted by Gasteiger charge is 2.49. The van der Waals surface area contributed by atoms with Gasteiger partial charge in [-0.3, -0.25) is 14.1 Å². The maximum Gasteiger partial charge on any atom is 0.313 e. The van der Waals surface area contributed by atoms with Gasteiger partial charge in [0.05, 0.1) is 18.7 Å². The van der Waals surface area contributed by atoms with Gasteiger partial charge in [-0.15, -0.1) is 0 Å². The number of carbonyl (C=O) groups is 1. The van der Waals surface area contributed by atoms with Crippen LogP contribution >= 0.6 is 0 Å². The van der Waals surface area contributed by atoms with Crippen LogP contribution in [0.5, 0.6) is 0 Å². The minimum atomic E-state index is -0.737. The first kappa shape index (κ1) is 15.0. The van der Waals surface area contributed by atoms with E-state index in [-0.39, 0.29) is 11.9 Å². The van der Waals surface area contributed by atoms with E-state index in [1.54, 1.807) is 6.92 Å². The lowest BCUT2D eigenvalue weighted by Crippen LogP contribution is -2.38. The molecule has 0 bridgehead atoms. The predicted octanol–water partition coefficient (Wildman–Crippen LogP) is 2.66. The third-order valence-corrected chi connectivity index (χ3v) is 4.11. The van der Waals surface area contributed by atoms with Gasteiger partial charge in [-0.25, -0.2) is 0 Å². The van der Waals surface area contributed by atoms with Gasteiger partial charge in [0, 0.05) is 25.6 Å². The number of alkyl halides is 1. The molecule has 2 rings (SSSR count). The summed E-state index contributed by atoms with van der Waals surface area (Å²) in [6.07, 6.45) is 0. The predicted molar refractivity (Wildman–Crippen MR) is 75.9 cm³/mol. The summed E-state index contributed by atoms with van der Waals surface area (Å²) < 4.78 is 18.4. The normalized spacial score (nSPS) is 26.6. The summed E-state index contributed by atoms with van der Waals surface area (Å²) in [7, 11) is 0. The van der Waals surface area contributed by atoms with Gasteiger partial charge >= 0.3 is 5.97 Å². The molecule has 0 saturated carbocycles. The van der Waals surface area contributed by atoms with Crippen molar-refractivity contribution in [3.8, 4) is 0 Å². The molecule has 1 aliphatic rings. The Kier molecular flexibility index (Phi) is 4.76. The molecule has 0 N–H and O–H groups in total. The van der Waals surface area contributed by atoms with Crippen LogP contribution in [0.4, 0.5) is 4.39 Å². The van der Waals surface area contributed by atoms with Gasteiger partial charge in [0.2, 0.25) is 0 Å². The first-order chi connectivity index (χ1) is 9.60. The van der Waals surface area contributed by atoms with E-state index in [1.807, 2.05) is 37.3 Å². The smallest absolute Gasteiger partial charge is 0.313 e. The van der Waals surface area contributed by atoms with E-state index in [4.69, 9.17) is 4.74 Å². The van der Waals surface area contributed by atoms with E-state index in [0.29, 0.717) is 19.7 Å². The van der Waals surface area contributed by atoms with Crippen molar-refractivity contribution in [2.45, 2.75) is 20.4 Å². The molecule has 1 saturated heterocycles. The quantitative estimate of drug-likeness (QED) is 0.776. The van der Waals surface area contributed by atoms with Crippen LogP contribution in [0.15, 0.2) is 30.3 Å². The van der Waals surface area contributed by atoms with Gasteiger partial charge in [0.15, 0.2) is 0 Å². The lowest BCUT2D eigenvalue weighted by atomic mass is 9.81. The van der Waals surface area contributed by atoms with Crippen LogP contribution < -0.4 is 0 Å². The average molecular weight is 279 g/mol. The molecule has 3 nitrogen and oxygen atoms in total. The molecule has 0 aromatic heterocycles. The molecule has 1 fully saturated rings. The summed E-state index contributed by atoms with van der Waals surface area (Å²) in [5.41, 5.74) is 0.442. The number of halogens is 1. The third kappa shape index (κ3) is 3.01. The van der Waals surface area contributed by atoms with Crippen molar-refractivity contribution in [3.63, 3.8) is 0 Å². The molecule has 2 unspecified atom stereocenters. The van der Waals surface area contributed by atoms with E-state index in [9.17, 15) is 9.18 Å². The van der Waals surface area contributed by atoms with Gasteiger partial charge in [-0.2, -0.15) is 0 Å². The van der Waals surface area contributed by atoms with Gasteiger partial charge < -0.3 is 4.74 Å². The highest BCUT2D eigenvalue weighted by Crippen LogP contribution is 2.38. The Morgan fingerprint density at radius 3 is 2.75 bits per heavy atom. The molecular formula is C16H22FNO2. The topological polar surface area (TPSA) is 29.5 Å². The van der Waals surface area contributed by atoms with Gasteiger partial charge in [0.1, 0.15) is 0 Å². The van der Waals surface area contributed by atoms with Gasteiger partial charge in [0.25, 0.3) is 0 Å². The third-order valence-electron chi connectivity index (χ3n) is 4.11. The zero-order valence-electron chi connectivity index (χ0n) is 12.1. The summed E-state index contributed by atoms with van der Waals surface area (Å²) in [6.45, 7) is 5.34. The van der Waals surface area contributed by atoms with E-state index in [0.717, 1.165) is 6.54 Å². The molecule has 0 radical (unpaired) electrons. The second-order valence-electron chi connectivity index (χ2n) is 5.64. The molecule has 2 atom stereocenters. The number of hydrogen-bond donors (Lipinski definition) is 0. The zero-order chi connectivity index (χ0) is 14.6. The molecule has 4 heteroatoms. The highest BCUT2D eigenvalue weighted by atomic mass is 19.1. The zero-order valence-corrected chi connectivity index (χ0v) is 12.1. The van der Waals surface area contributed by atoms with Gasteiger partial charge in [-0.05, 0) is 19.4 Å². The summed E-state index contributed by atoms with van der Waals surface area (Å²) in [6, 6.07) is 10.0. The average Bonchev–Trinajstić information content (AvgIpc) is 2.77. The first-order valence-corrected chi connectivity index (χ1v) is 7.09. The van der Waals surface area contributed by atoms with Crippen LogP contribution in [0.3, 0.4) is 0 Å². The molecule has 0 aliphatic carbocycles. The molecule has 1 aliphatic heterocycles. The Bertz CT molecular complexity index is 451. The molecule has 1 heterocycles. The van der Waals surface area contributed by atoms with E-state index < -0.39 is 12.1 Å². The minimum Gasteiger partial charge on any atom is -0.466 e. The van der Waals surface area contributed by atoms with Crippen molar-refractivity contribution in [2.75, 3.05) is 26.4 Å². The molecule has 1 aromatic carbocycles. The van der Waals surface area contributed by atoms with Crippen LogP contribution in [0.1, 0.15) is 19.4 Å². The molecule has 20 heavy (non-hydrogen) atoms. The summed E-state index contributed by atoms with van der Waals surface area (Å²) in [4.78, 5) is 14.3. The van der Waals surface area contributed by atoms with Crippen LogP contribution in [0.25, 0.3) is 0 Å². The Morgan fingerprint density at radius 1 is 1.45 bits per heavy atom. The number of rotatable bonds is 5. The molecule has 110 valence electrons. The van der Waals surface area contributed by atoms with Crippen molar-refractivity contribution >= 4 is 5.97 Å². The molecule has 0 spiro atoms. The lowest BCUT2D eigenvalue weighted by molar-refractivity contribution is -0.156. The summed E-state index contributed by atoms with van der Waals surface area (Å²) >= 11 is 0. The maximum absolute atomic E-state index is 13.3. The van der Waals surface area contributed by atoms with Crippen molar-refractivity contribution in [3.05, 3.63) is 35.9 Å². The summed E-state index contributed by atoms with van der Waals surface area (Å²) in [5, 5.41) is 0. The minimum absolute atomic E-state index is 0.279. The Balaban J connectivity index is 2.07. The number of esters is 1. The second-order valence-corrected chi connectivity index (χ2v) is 5.64. The second kappa shape index (κ2) is 6.35. The highest BCUT2D eigenvalue weighted by molar-refractivity contribution is 5.77. The number of benzene rings is 1. The van der Waals surface area contributed by atoms with Gasteiger partial charge in [-0.1, -0.05) is 30.3 Å². The fourth-order valence-electron chi connectivity index (χ4n) is 2.88. The van der Waals surface area contributed by atoms with Crippen LogP contribution in [0, 0.1) is 11.3 Å². The SMILES string of the molecule is CCOC(=O)C1(C)CN(Cc2ccccc2)CC1CF. The number of likely N-dealkylation sites (tertiary alicyclic amines) is 1. The fraction of sp³-hybridized carbons (Fsp3) is 0.562. The van der Waals surface area contributed by atoms with Crippen molar-refractivity contribution in [2.24, 2.45) is 11.3 Å². The lowest BCUT2D eigenvalue weighted by Gasteiger charge is -2.26. The van der Waals surface area contributed by atoms with Crippen molar-refractivity contribution in [1.82, 2.24) is 4.90 Å². The molecule has 0 amide bonds. The standard InChI is InChI=1S/C16H22FNO2/c1-3-20-15(19)16(2)12-18(11-14(16)9-17)10-13-7-5-4-6-8-13/h4-8,14H,3,9-12H2,1-2H3. The monoisotopic (exact) mass is 279 g/mol. The maximum atomic E-state index is 13.3. The number of ether oxygens (including phenoxy) is 1. The first-order valence-electron chi connectivity index (χ1n) is 7.09. The Morgan fingerprint density at radius 2 is 2.15 bits per heavy atom.